The van der Waals surface area contributed by atoms with Crippen molar-refractivity contribution in [3.8, 4) is 0 Å². The van der Waals surface area contributed by atoms with Gasteiger partial charge < -0.3 is 10.2 Å². The van der Waals surface area contributed by atoms with Crippen molar-refractivity contribution in [2.45, 2.75) is 0 Å². The number of hydrogen-bond donors (Lipinski definition) is 2. The third-order valence-electron chi connectivity index (χ3n) is 3.36. The zero-order chi connectivity index (χ0) is 17.8. The molecule has 0 fully saturated rings. The number of hydrogen-bond acceptors (Lipinski definition) is 5. The molecule has 0 aliphatic heterocycles. The van der Waals surface area contributed by atoms with Crippen molar-refractivity contribution in [2.75, 3.05) is 24.3 Å². The topological polar surface area (TPSA) is 52.5 Å². The Labute approximate surface area is 160 Å². The van der Waals surface area contributed by atoms with E-state index in [1.807, 2.05) is 61.5 Å². The van der Waals surface area contributed by atoms with E-state index in [2.05, 4.69) is 20.8 Å². The molecule has 0 bridgehead atoms. The lowest BCUT2D eigenvalue weighted by Gasteiger charge is -2.11. The standard InChI is InChI=1S/C17H16ClN5S2/c1-23(2)13-6-3-11(4-7-13)10-19-22-16(24)21-17-20-14-8-5-12(18)9-15(14)25-17/h3-10H,1-2H3,(H2,20,21,22,24)/b19-10+. The van der Waals surface area contributed by atoms with Crippen LogP contribution in [0.5, 0.6) is 0 Å². The number of nitrogens with zero attached hydrogens (tertiary/aromatic N) is 3. The molecule has 0 saturated carbocycles. The van der Waals surface area contributed by atoms with Crippen LogP contribution in [-0.4, -0.2) is 30.4 Å². The molecule has 0 radical (unpaired) electrons. The Kier molecular flexibility index (Phi) is 5.47. The number of nitrogens with one attached hydrogen (secondary N) is 2. The Morgan fingerprint density at radius 1 is 1.24 bits per heavy atom. The van der Waals surface area contributed by atoms with E-state index < -0.39 is 0 Å². The first-order valence-corrected chi connectivity index (χ1v) is 9.05. The fourth-order valence-corrected chi connectivity index (χ4v) is 3.46. The smallest absolute Gasteiger partial charge is 0.193 e. The van der Waals surface area contributed by atoms with Gasteiger partial charge in [0.15, 0.2) is 10.2 Å². The van der Waals surface area contributed by atoms with Crippen molar-refractivity contribution in [1.82, 2.24) is 10.4 Å². The number of thiocarbonyl (C=S) groups is 1. The van der Waals surface area contributed by atoms with Crippen LogP contribution in [0.2, 0.25) is 5.02 Å². The summed E-state index contributed by atoms with van der Waals surface area (Å²) in [4.78, 5) is 6.50. The summed E-state index contributed by atoms with van der Waals surface area (Å²) in [5.74, 6) is 0. The minimum absolute atomic E-state index is 0.381. The van der Waals surface area contributed by atoms with Crippen LogP contribution in [0.15, 0.2) is 47.6 Å². The average molecular weight is 390 g/mol. The summed E-state index contributed by atoms with van der Waals surface area (Å²) >= 11 is 12.7. The van der Waals surface area contributed by atoms with Crippen molar-refractivity contribution in [3.05, 3.63) is 53.1 Å². The first kappa shape index (κ1) is 17.6. The number of anilines is 2. The Balaban J connectivity index is 1.58. The van der Waals surface area contributed by atoms with Gasteiger partial charge in [0.25, 0.3) is 0 Å². The van der Waals surface area contributed by atoms with Crippen LogP contribution in [-0.2, 0) is 0 Å². The fraction of sp³-hybridized carbons (Fsp3) is 0.118. The molecule has 2 aromatic carbocycles. The van der Waals surface area contributed by atoms with Crippen LogP contribution in [0, 0.1) is 0 Å². The van der Waals surface area contributed by atoms with Crippen molar-refractivity contribution in [2.24, 2.45) is 5.10 Å². The van der Waals surface area contributed by atoms with Gasteiger partial charge in [-0.1, -0.05) is 35.1 Å². The molecule has 3 aromatic rings. The van der Waals surface area contributed by atoms with E-state index in [-0.39, 0.29) is 0 Å². The second kappa shape index (κ2) is 7.77. The maximum Gasteiger partial charge on any atom is 0.193 e. The number of benzene rings is 2. The summed E-state index contributed by atoms with van der Waals surface area (Å²) < 4.78 is 1.00. The van der Waals surface area contributed by atoms with Gasteiger partial charge in [-0.25, -0.2) is 4.98 Å². The van der Waals surface area contributed by atoms with E-state index >= 15 is 0 Å². The molecule has 128 valence electrons. The summed E-state index contributed by atoms with van der Waals surface area (Å²) in [7, 11) is 4.01. The summed E-state index contributed by atoms with van der Waals surface area (Å²) in [6.45, 7) is 0. The highest BCUT2D eigenvalue weighted by Gasteiger charge is 2.05. The van der Waals surface area contributed by atoms with Crippen molar-refractivity contribution in [1.29, 1.82) is 0 Å². The molecule has 1 aromatic heterocycles. The molecule has 5 nitrogen and oxygen atoms in total. The fourth-order valence-electron chi connectivity index (χ4n) is 2.10. The average Bonchev–Trinajstić information content (AvgIpc) is 2.96. The molecule has 0 atom stereocenters. The number of rotatable bonds is 4. The Hall–Kier alpha value is -2.22. The Bertz CT molecular complexity index is 918. The van der Waals surface area contributed by atoms with Gasteiger partial charge in [-0.05, 0) is 48.1 Å². The van der Waals surface area contributed by atoms with E-state index in [1.165, 1.54) is 11.3 Å². The normalized spacial score (nSPS) is 11.0. The molecule has 25 heavy (non-hydrogen) atoms. The molecule has 0 amide bonds. The minimum Gasteiger partial charge on any atom is -0.378 e. The van der Waals surface area contributed by atoms with Crippen molar-refractivity contribution >= 4 is 67.5 Å². The van der Waals surface area contributed by atoms with Gasteiger partial charge in [0.2, 0.25) is 0 Å². The minimum atomic E-state index is 0.381. The van der Waals surface area contributed by atoms with Crippen LogP contribution in [0.4, 0.5) is 10.8 Å². The van der Waals surface area contributed by atoms with Crippen molar-refractivity contribution < 1.29 is 0 Å². The molecule has 8 heteroatoms. The molecule has 2 N–H and O–H groups in total. The predicted octanol–water partition coefficient (Wildman–Crippen LogP) is 4.34. The van der Waals surface area contributed by atoms with Gasteiger partial charge in [-0.15, -0.1) is 0 Å². The third kappa shape index (κ3) is 4.66. The van der Waals surface area contributed by atoms with E-state index in [4.69, 9.17) is 23.8 Å². The molecule has 0 aliphatic carbocycles. The van der Waals surface area contributed by atoms with E-state index in [9.17, 15) is 0 Å². The van der Waals surface area contributed by atoms with Gasteiger partial charge in [0.1, 0.15) is 0 Å². The zero-order valence-corrected chi connectivity index (χ0v) is 16.0. The second-order valence-corrected chi connectivity index (χ2v) is 7.32. The monoisotopic (exact) mass is 389 g/mol. The highest BCUT2D eigenvalue weighted by molar-refractivity contribution is 7.80. The quantitative estimate of drug-likeness (QED) is 0.395. The highest BCUT2D eigenvalue weighted by Crippen LogP contribution is 2.28. The Morgan fingerprint density at radius 3 is 2.72 bits per heavy atom. The van der Waals surface area contributed by atoms with Gasteiger partial charge >= 0.3 is 0 Å². The van der Waals surface area contributed by atoms with E-state index in [0.717, 1.165) is 21.5 Å². The predicted molar refractivity (Wildman–Crippen MR) is 112 cm³/mol. The number of aromatic nitrogens is 1. The molecule has 0 saturated heterocycles. The van der Waals surface area contributed by atoms with Crippen LogP contribution >= 0.6 is 35.2 Å². The van der Waals surface area contributed by atoms with Crippen LogP contribution in [0.25, 0.3) is 10.2 Å². The molecule has 3 rings (SSSR count). The summed E-state index contributed by atoms with van der Waals surface area (Å²) in [6.07, 6.45) is 1.71. The summed E-state index contributed by atoms with van der Waals surface area (Å²) in [5.41, 5.74) is 5.79. The van der Waals surface area contributed by atoms with Crippen molar-refractivity contribution in [3.63, 3.8) is 0 Å². The first-order chi connectivity index (χ1) is 12.0. The second-order valence-electron chi connectivity index (χ2n) is 5.44. The maximum absolute atomic E-state index is 5.99. The lowest BCUT2D eigenvalue weighted by molar-refractivity contribution is 1.05. The SMILES string of the molecule is CN(C)c1ccc(/C=N/NC(=S)Nc2nc3ccc(Cl)cc3s2)cc1. The van der Waals surface area contributed by atoms with Gasteiger partial charge in [-0.2, -0.15) is 5.10 Å². The molecular weight excluding hydrogens is 374 g/mol. The lowest BCUT2D eigenvalue weighted by Crippen LogP contribution is -2.23. The third-order valence-corrected chi connectivity index (χ3v) is 4.72. The first-order valence-electron chi connectivity index (χ1n) is 7.45. The van der Waals surface area contributed by atoms with E-state index in [0.29, 0.717) is 15.3 Å². The number of hydrazone groups is 1. The zero-order valence-electron chi connectivity index (χ0n) is 13.7. The molecular formula is C17H16ClN5S2. The molecule has 0 unspecified atom stereocenters. The van der Waals surface area contributed by atoms with Crippen LogP contribution in [0.1, 0.15) is 5.56 Å². The van der Waals surface area contributed by atoms with Gasteiger partial charge in [0, 0.05) is 24.8 Å². The van der Waals surface area contributed by atoms with Gasteiger partial charge in [-0.3, -0.25) is 5.43 Å². The van der Waals surface area contributed by atoms with Crippen LogP contribution < -0.4 is 15.6 Å². The highest BCUT2D eigenvalue weighted by atomic mass is 35.5. The number of thiazole rings is 1. The van der Waals surface area contributed by atoms with E-state index in [1.54, 1.807) is 6.21 Å². The molecule has 0 aliphatic rings. The lowest BCUT2D eigenvalue weighted by atomic mass is 10.2. The molecule has 1 heterocycles. The largest absolute Gasteiger partial charge is 0.378 e. The Morgan fingerprint density at radius 2 is 2.00 bits per heavy atom. The van der Waals surface area contributed by atoms with Crippen LogP contribution in [0.3, 0.4) is 0 Å². The molecule has 0 spiro atoms. The number of halogens is 1. The number of fused-ring (bicyclic) bond motifs is 1. The summed E-state index contributed by atoms with van der Waals surface area (Å²) in [5, 5.41) is 8.93. The maximum atomic E-state index is 5.99. The van der Waals surface area contributed by atoms with Gasteiger partial charge in [0.05, 0.1) is 16.4 Å². The summed E-state index contributed by atoms with van der Waals surface area (Å²) in [6, 6.07) is 13.6.